The Morgan fingerprint density at radius 2 is 1.80 bits per heavy atom. The normalized spacial score (nSPS) is 11.4. The summed E-state index contributed by atoms with van der Waals surface area (Å²) < 4.78 is 51.8. The summed E-state index contributed by atoms with van der Waals surface area (Å²) in [6, 6.07) is 7.27. The fourth-order valence-corrected chi connectivity index (χ4v) is 1.72. The van der Waals surface area contributed by atoms with Crippen molar-refractivity contribution in [2.45, 2.75) is 6.18 Å². The number of nitrogen functional groups attached to an aromatic ring is 1. The molecule has 0 radical (unpaired) electrons. The third-order valence-corrected chi connectivity index (χ3v) is 2.72. The largest absolute Gasteiger partial charge is 0.416 e. The second-order valence-corrected chi connectivity index (χ2v) is 4.15. The molecular weight excluding hydrogens is 274 g/mol. The summed E-state index contributed by atoms with van der Waals surface area (Å²) in [7, 11) is 1.42. The number of nitrogens with two attached hydrogens (primary N) is 1. The Hall–Kier alpha value is -2.31. The lowest BCUT2D eigenvalue weighted by molar-refractivity contribution is -0.137. The van der Waals surface area contributed by atoms with E-state index in [2.05, 4.69) is 4.98 Å². The summed E-state index contributed by atoms with van der Waals surface area (Å²) in [5.41, 5.74) is 4.56. The summed E-state index contributed by atoms with van der Waals surface area (Å²) in [6.07, 6.45) is -4.54. The van der Waals surface area contributed by atoms with E-state index in [-0.39, 0.29) is 17.3 Å². The molecule has 0 aliphatic rings. The number of para-hydroxylation sites is 1. The first-order chi connectivity index (χ1) is 9.29. The van der Waals surface area contributed by atoms with E-state index in [1.807, 2.05) is 0 Å². The van der Waals surface area contributed by atoms with Gasteiger partial charge in [0.25, 0.3) is 0 Å². The number of rotatable bonds is 2. The molecule has 7 heteroatoms. The Morgan fingerprint density at radius 1 is 1.15 bits per heavy atom. The van der Waals surface area contributed by atoms with Gasteiger partial charge in [-0.15, -0.1) is 0 Å². The Morgan fingerprint density at radius 3 is 2.40 bits per heavy atom. The van der Waals surface area contributed by atoms with Crippen molar-refractivity contribution in [2.24, 2.45) is 0 Å². The van der Waals surface area contributed by atoms with Crippen LogP contribution in [0, 0.1) is 5.82 Å². The van der Waals surface area contributed by atoms with Crippen LogP contribution in [0.1, 0.15) is 5.56 Å². The van der Waals surface area contributed by atoms with Crippen LogP contribution in [0.4, 0.5) is 34.9 Å². The van der Waals surface area contributed by atoms with Gasteiger partial charge in [-0.3, -0.25) is 0 Å². The molecule has 3 nitrogen and oxygen atoms in total. The van der Waals surface area contributed by atoms with Crippen molar-refractivity contribution in [3.05, 3.63) is 47.8 Å². The second-order valence-electron chi connectivity index (χ2n) is 4.15. The number of nitrogens with zero attached hydrogens (tertiary/aromatic N) is 2. The van der Waals surface area contributed by atoms with Gasteiger partial charge >= 0.3 is 6.18 Å². The van der Waals surface area contributed by atoms with Crippen LogP contribution < -0.4 is 10.6 Å². The third-order valence-electron chi connectivity index (χ3n) is 2.72. The molecule has 0 saturated carbocycles. The summed E-state index contributed by atoms with van der Waals surface area (Å²) in [5.74, 6) is -0.923. The van der Waals surface area contributed by atoms with Crippen molar-refractivity contribution >= 4 is 17.3 Å². The minimum atomic E-state index is -4.54. The first-order valence-corrected chi connectivity index (χ1v) is 5.62. The Bertz CT molecular complexity index is 625. The molecule has 2 aromatic rings. The number of pyridine rings is 1. The molecule has 1 aromatic heterocycles. The van der Waals surface area contributed by atoms with Gasteiger partial charge in [0.2, 0.25) is 0 Å². The van der Waals surface area contributed by atoms with Crippen LogP contribution in [-0.4, -0.2) is 12.0 Å². The highest BCUT2D eigenvalue weighted by Gasteiger charge is 2.32. The minimum Gasteiger partial charge on any atom is -0.384 e. The zero-order valence-corrected chi connectivity index (χ0v) is 10.4. The molecule has 0 aliphatic heterocycles. The minimum absolute atomic E-state index is 0.0811. The smallest absolute Gasteiger partial charge is 0.384 e. The van der Waals surface area contributed by atoms with Gasteiger partial charge in [0, 0.05) is 7.05 Å². The zero-order valence-electron chi connectivity index (χ0n) is 10.4. The van der Waals surface area contributed by atoms with Gasteiger partial charge in [-0.2, -0.15) is 13.2 Å². The molecule has 1 heterocycles. The van der Waals surface area contributed by atoms with Crippen molar-refractivity contribution in [2.75, 3.05) is 17.7 Å². The van der Waals surface area contributed by atoms with Crippen LogP contribution in [0.5, 0.6) is 0 Å². The molecule has 2 rings (SSSR count). The molecule has 0 spiro atoms. The highest BCUT2D eigenvalue weighted by atomic mass is 19.4. The van der Waals surface area contributed by atoms with Gasteiger partial charge in [-0.25, -0.2) is 9.37 Å². The predicted octanol–water partition coefficient (Wildman–Crippen LogP) is 3.59. The standard InChI is InChI=1S/C13H11F4N3/c1-20(10-5-3-2-4-9(10)14)12-7-8(13(15,16)17)6-11(18)19-12/h2-7H,1H3,(H2,18,19). The molecule has 1 aromatic carbocycles. The molecule has 0 fully saturated rings. The predicted molar refractivity (Wildman–Crippen MR) is 68.1 cm³/mol. The second kappa shape index (κ2) is 4.99. The van der Waals surface area contributed by atoms with Crippen LogP contribution in [0.3, 0.4) is 0 Å². The number of aromatic nitrogens is 1. The van der Waals surface area contributed by atoms with E-state index in [4.69, 9.17) is 5.73 Å². The number of halogens is 4. The number of anilines is 3. The Kier molecular flexibility index (Phi) is 3.52. The summed E-state index contributed by atoms with van der Waals surface area (Å²) in [4.78, 5) is 5.01. The SMILES string of the molecule is CN(c1cc(C(F)(F)F)cc(N)n1)c1ccccc1F. The van der Waals surface area contributed by atoms with Crippen LogP contribution in [-0.2, 0) is 6.18 Å². The molecule has 0 bridgehead atoms. The fourth-order valence-electron chi connectivity index (χ4n) is 1.72. The number of hydrogen-bond donors (Lipinski definition) is 1. The number of alkyl halides is 3. The van der Waals surface area contributed by atoms with E-state index in [0.717, 1.165) is 12.1 Å². The number of hydrogen-bond acceptors (Lipinski definition) is 3. The van der Waals surface area contributed by atoms with Crippen LogP contribution in [0.15, 0.2) is 36.4 Å². The van der Waals surface area contributed by atoms with Gasteiger partial charge in [0.1, 0.15) is 17.5 Å². The third kappa shape index (κ3) is 2.81. The van der Waals surface area contributed by atoms with E-state index in [9.17, 15) is 17.6 Å². The summed E-state index contributed by atoms with van der Waals surface area (Å²) in [6.45, 7) is 0. The monoisotopic (exact) mass is 285 g/mol. The van der Waals surface area contributed by atoms with Gasteiger partial charge in [0.15, 0.2) is 0 Å². The fraction of sp³-hybridized carbons (Fsp3) is 0.154. The molecule has 0 aliphatic carbocycles. The number of benzene rings is 1. The van der Waals surface area contributed by atoms with Gasteiger partial charge in [0.05, 0.1) is 11.3 Å². The zero-order chi connectivity index (χ0) is 14.9. The van der Waals surface area contributed by atoms with Gasteiger partial charge < -0.3 is 10.6 Å². The Balaban J connectivity index is 2.48. The van der Waals surface area contributed by atoms with Crippen molar-refractivity contribution in [3.8, 4) is 0 Å². The van der Waals surface area contributed by atoms with Crippen molar-refractivity contribution < 1.29 is 17.6 Å². The maximum atomic E-state index is 13.6. The summed E-state index contributed by atoms with van der Waals surface area (Å²) >= 11 is 0. The average Bonchev–Trinajstić information content (AvgIpc) is 2.37. The molecule has 0 amide bonds. The maximum absolute atomic E-state index is 13.6. The van der Waals surface area contributed by atoms with Crippen LogP contribution >= 0.6 is 0 Å². The highest BCUT2D eigenvalue weighted by molar-refractivity contribution is 5.62. The van der Waals surface area contributed by atoms with Crippen LogP contribution in [0.25, 0.3) is 0 Å². The maximum Gasteiger partial charge on any atom is 0.416 e. The molecule has 0 saturated heterocycles. The van der Waals surface area contributed by atoms with E-state index in [1.165, 1.54) is 30.1 Å². The lowest BCUT2D eigenvalue weighted by Crippen LogP contribution is -2.16. The molecular formula is C13H11F4N3. The van der Waals surface area contributed by atoms with Crippen molar-refractivity contribution in [1.29, 1.82) is 0 Å². The Labute approximate surface area is 112 Å². The first-order valence-electron chi connectivity index (χ1n) is 5.62. The molecule has 0 atom stereocenters. The van der Waals surface area contributed by atoms with E-state index < -0.39 is 17.6 Å². The molecule has 2 N–H and O–H groups in total. The topological polar surface area (TPSA) is 42.1 Å². The first kappa shape index (κ1) is 14.1. The van der Waals surface area contributed by atoms with E-state index in [1.54, 1.807) is 6.07 Å². The molecule has 20 heavy (non-hydrogen) atoms. The molecule has 0 unspecified atom stereocenters. The molecule has 106 valence electrons. The van der Waals surface area contributed by atoms with E-state index >= 15 is 0 Å². The van der Waals surface area contributed by atoms with Crippen molar-refractivity contribution in [3.63, 3.8) is 0 Å². The lowest BCUT2D eigenvalue weighted by atomic mass is 10.2. The quantitative estimate of drug-likeness (QED) is 0.857. The van der Waals surface area contributed by atoms with Crippen molar-refractivity contribution in [1.82, 2.24) is 4.98 Å². The van der Waals surface area contributed by atoms with Crippen LogP contribution in [0.2, 0.25) is 0 Å². The van der Waals surface area contributed by atoms with Gasteiger partial charge in [-0.1, -0.05) is 12.1 Å². The average molecular weight is 285 g/mol. The highest BCUT2D eigenvalue weighted by Crippen LogP contribution is 2.34. The lowest BCUT2D eigenvalue weighted by Gasteiger charge is -2.20. The van der Waals surface area contributed by atoms with Gasteiger partial charge in [-0.05, 0) is 24.3 Å². The van der Waals surface area contributed by atoms with E-state index in [0.29, 0.717) is 0 Å². The summed E-state index contributed by atoms with van der Waals surface area (Å²) in [5, 5.41) is 0.